The van der Waals surface area contributed by atoms with E-state index in [2.05, 4.69) is 0 Å². The van der Waals surface area contributed by atoms with E-state index in [0.717, 1.165) is 5.75 Å². The third-order valence-corrected chi connectivity index (χ3v) is 3.01. The van der Waals surface area contributed by atoms with Gasteiger partial charge in [0.05, 0.1) is 7.11 Å². The van der Waals surface area contributed by atoms with Crippen LogP contribution in [-0.4, -0.2) is 12.2 Å². The van der Waals surface area contributed by atoms with Crippen molar-refractivity contribution in [2.75, 3.05) is 7.11 Å². The van der Waals surface area contributed by atoms with Gasteiger partial charge >= 0.3 is 0 Å². The zero-order chi connectivity index (χ0) is 9.97. The minimum absolute atomic E-state index is 0.340. The van der Waals surface area contributed by atoms with E-state index in [4.69, 9.17) is 4.74 Å². The van der Waals surface area contributed by atoms with Gasteiger partial charge in [0.15, 0.2) is 0 Å². The molecule has 76 valence electrons. The van der Waals surface area contributed by atoms with Crippen LogP contribution >= 0.6 is 0 Å². The lowest BCUT2D eigenvalue weighted by Gasteiger charge is -2.14. The summed E-state index contributed by atoms with van der Waals surface area (Å²) >= 11 is 0. The van der Waals surface area contributed by atoms with Crippen molar-refractivity contribution in [2.45, 2.75) is 31.6 Å². The van der Waals surface area contributed by atoms with Gasteiger partial charge in [-0.25, -0.2) is 0 Å². The van der Waals surface area contributed by atoms with E-state index in [1.165, 1.54) is 31.2 Å². The second-order valence-electron chi connectivity index (χ2n) is 3.91. The maximum atomic E-state index is 9.44. The summed E-state index contributed by atoms with van der Waals surface area (Å²) < 4.78 is 5.30. The van der Waals surface area contributed by atoms with E-state index in [0.29, 0.717) is 11.7 Å². The molecule has 1 fully saturated rings. The zero-order valence-corrected chi connectivity index (χ0v) is 8.49. The van der Waals surface area contributed by atoms with Crippen LogP contribution in [0.5, 0.6) is 11.5 Å². The Balaban J connectivity index is 2.33. The molecule has 1 aromatic rings. The minimum atomic E-state index is 0.340. The van der Waals surface area contributed by atoms with E-state index >= 15 is 0 Å². The highest BCUT2D eigenvalue weighted by atomic mass is 16.5. The molecule has 0 aromatic heterocycles. The van der Waals surface area contributed by atoms with Crippen molar-refractivity contribution in [2.24, 2.45) is 0 Å². The fraction of sp³-hybridized carbons (Fsp3) is 0.500. The lowest BCUT2D eigenvalue weighted by atomic mass is 9.96. The Kier molecular flexibility index (Phi) is 2.62. The quantitative estimate of drug-likeness (QED) is 0.780. The van der Waals surface area contributed by atoms with E-state index in [1.54, 1.807) is 13.2 Å². The highest BCUT2D eigenvalue weighted by Gasteiger charge is 2.20. The SMILES string of the molecule is COc1ccc(O)cc1C1CCCC1. The Morgan fingerprint density at radius 3 is 2.64 bits per heavy atom. The zero-order valence-electron chi connectivity index (χ0n) is 8.49. The minimum Gasteiger partial charge on any atom is -0.508 e. The van der Waals surface area contributed by atoms with Crippen LogP contribution in [0.1, 0.15) is 37.2 Å². The van der Waals surface area contributed by atoms with Crippen LogP contribution in [0.25, 0.3) is 0 Å². The number of phenols is 1. The second-order valence-corrected chi connectivity index (χ2v) is 3.91. The number of hydrogen-bond donors (Lipinski definition) is 1. The lowest BCUT2D eigenvalue weighted by Crippen LogP contribution is -1.96. The molecule has 14 heavy (non-hydrogen) atoms. The predicted octanol–water partition coefficient (Wildman–Crippen LogP) is 3.06. The molecule has 1 aromatic carbocycles. The molecule has 0 amide bonds. The standard InChI is InChI=1S/C12H16O2/c1-14-12-7-6-10(13)8-11(12)9-4-2-3-5-9/h6-9,13H,2-5H2,1H3. The first-order chi connectivity index (χ1) is 6.81. The molecule has 0 unspecified atom stereocenters. The lowest BCUT2D eigenvalue weighted by molar-refractivity contribution is 0.402. The molecular weight excluding hydrogens is 176 g/mol. The van der Waals surface area contributed by atoms with Crippen LogP contribution in [0.15, 0.2) is 18.2 Å². The van der Waals surface area contributed by atoms with E-state index < -0.39 is 0 Å². The van der Waals surface area contributed by atoms with Crippen LogP contribution in [-0.2, 0) is 0 Å². The maximum Gasteiger partial charge on any atom is 0.122 e. The molecule has 1 aliphatic rings. The molecule has 0 spiro atoms. The number of hydrogen-bond acceptors (Lipinski definition) is 2. The van der Waals surface area contributed by atoms with Crippen LogP contribution in [0.3, 0.4) is 0 Å². The van der Waals surface area contributed by atoms with Crippen LogP contribution in [0, 0.1) is 0 Å². The smallest absolute Gasteiger partial charge is 0.122 e. The summed E-state index contributed by atoms with van der Waals surface area (Å²) in [7, 11) is 1.69. The van der Waals surface area contributed by atoms with Crippen molar-refractivity contribution in [1.82, 2.24) is 0 Å². The number of phenolic OH excluding ortho intramolecular Hbond substituents is 1. The third-order valence-electron chi connectivity index (χ3n) is 3.01. The predicted molar refractivity (Wildman–Crippen MR) is 55.9 cm³/mol. The number of aromatic hydroxyl groups is 1. The van der Waals surface area contributed by atoms with Crippen molar-refractivity contribution >= 4 is 0 Å². The molecular formula is C12H16O2. The monoisotopic (exact) mass is 192 g/mol. The molecule has 0 heterocycles. The number of methoxy groups -OCH3 is 1. The molecule has 0 bridgehead atoms. The summed E-state index contributed by atoms with van der Waals surface area (Å²) in [6.07, 6.45) is 5.03. The molecule has 1 saturated carbocycles. The Morgan fingerprint density at radius 2 is 2.00 bits per heavy atom. The highest BCUT2D eigenvalue weighted by molar-refractivity contribution is 5.42. The second kappa shape index (κ2) is 3.91. The topological polar surface area (TPSA) is 29.5 Å². The van der Waals surface area contributed by atoms with Crippen LogP contribution in [0.2, 0.25) is 0 Å². The van der Waals surface area contributed by atoms with Crippen LogP contribution < -0.4 is 4.74 Å². The van der Waals surface area contributed by atoms with Crippen molar-refractivity contribution in [3.8, 4) is 11.5 Å². The number of rotatable bonds is 2. The first kappa shape index (κ1) is 9.38. The van der Waals surface area contributed by atoms with Gasteiger partial charge in [0.1, 0.15) is 11.5 Å². The van der Waals surface area contributed by atoms with Gasteiger partial charge in [-0.1, -0.05) is 12.8 Å². The average molecular weight is 192 g/mol. The van der Waals surface area contributed by atoms with Crippen molar-refractivity contribution in [3.63, 3.8) is 0 Å². The number of benzene rings is 1. The Bertz CT molecular complexity index is 314. The molecule has 2 nitrogen and oxygen atoms in total. The normalized spacial score (nSPS) is 17.2. The van der Waals surface area contributed by atoms with E-state index in [-0.39, 0.29) is 0 Å². The first-order valence-corrected chi connectivity index (χ1v) is 5.18. The van der Waals surface area contributed by atoms with Gasteiger partial charge in [0, 0.05) is 5.56 Å². The van der Waals surface area contributed by atoms with Gasteiger partial charge in [0.2, 0.25) is 0 Å². The summed E-state index contributed by atoms with van der Waals surface area (Å²) in [6, 6.07) is 5.37. The fourth-order valence-corrected chi connectivity index (χ4v) is 2.28. The summed E-state index contributed by atoms with van der Waals surface area (Å²) in [5.74, 6) is 1.83. The van der Waals surface area contributed by atoms with Gasteiger partial charge in [-0.2, -0.15) is 0 Å². The van der Waals surface area contributed by atoms with Crippen molar-refractivity contribution < 1.29 is 9.84 Å². The highest BCUT2D eigenvalue weighted by Crippen LogP contribution is 2.39. The largest absolute Gasteiger partial charge is 0.508 e. The van der Waals surface area contributed by atoms with E-state index in [1.807, 2.05) is 12.1 Å². The molecule has 1 N–H and O–H groups in total. The van der Waals surface area contributed by atoms with Gasteiger partial charge in [-0.3, -0.25) is 0 Å². The molecule has 0 aliphatic heterocycles. The van der Waals surface area contributed by atoms with Crippen molar-refractivity contribution in [1.29, 1.82) is 0 Å². The summed E-state index contributed by atoms with van der Waals surface area (Å²) in [5.41, 5.74) is 1.17. The molecule has 2 heteroatoms. The molecule has 0 saturated heterocycles. The number of ether oxygens (including phenoxy) is 1. The molecule has 0 atom stereocenters. The first-order valence-electron chi connectivity index (χ1n) is 5.18. The van der Waals surface area contributed by atoms with Crippen molar-refractivity contribution in [3.05, 3.63) is 23.8 Å². The van der Waals surface area contributed by atoms with Gasteiger partial charge in [0.25, 0.3) is 0 Å². The van der Waals surface area contributed by atoms with E-state index in [9.17, 15) is 5.11 Å². The average Bonchev–Trinajstić information content (AvgIpc) is 2.70. The van der Waals surface area contributed by atoms with Gasteiger partial charge in [-0.05, 0) is 37.0 Å². The van der Waals surface area contributed by atoms with Gasteiger partial charge < -0.3 is 9.84 Å². The Labute approximate surface area is 84.5 Å². The van der Waals surface area contributed by atoms with Gasteiger partial charge in [-0.15, -0.1) is 0 Å². The molecule has 1 aliphatic carbocycles. The fourth-order valence-electron chi connectivity index (χ4n) is 2.28. The Hall–Kier alpha value is -1.18. The molecule has 0 radical (unpaired) electrons. The molecule has 2 rings (SSSR count). The Morgan fingerprint density at radius 1 is 1.29 bits per heavy atom. The summed E-state index contributed by atoms with van der Waals surface area (Å²) in [4.78, 5) is 0. The summed E-state index contributed by atoms with van der Waals surface area (Å²) in [5, 5.41) is 9.44. The van der Waals surface area contributed by atoms with Crippen LogP contribution in [0.4, 0.5) is 0 Å². The summed E-state index contributed by atoms with van der Waals surface area (Å²) in [6.45, 7) is 0. The maximum absolute atomic E-state index is 9.44. The third kappa shape index (κ3) is 1.69.